The predicted octanol–water partition coefficient (Wildman–Crippen LogP) is 3.71. The largest absolute Gasteiger partial charge is 0.397 e. The number of nitrogens with two attached hydrogens (primary N) is 2. The highest BCUT2D eigenvalue weighted by molar-refractivity contribution is 7.21. The van der Waals surface area contributed by atoms with E-state index in [-0.39, 0.29) is 0 Å². The zero-order chi connectivity index (χ0) is 25.4. The number of fused-ring (bicyclic) bond motifs is 2. The number of piperidine rings is 1. The quantitative estimate of drug-likeness (QED) is 0.289. The smallest absolute Gasteiger partial charge is 0.260 e. The van der Waals surface area contributed by atoms with Gasteiger partial charge in [0.2, 0.25) is 0 Å². The number of amides is 1. The minimum Gasteiger partial charge on any atom is -0.397 e. The van der Waals surface area contributed by atoms with E-state index in [9.17, 15) is 9.90 Å². The first-order valence-electron chi connectivity index (χ1n) is 12.6. The predicted molar refractivity (Wildman–Crippen MR) is 148 cm³/mol. The maximum absolute atomic E-state index is 11.8. The van der Waals surface area contributed by atoms with Gasteiger partial charge >= 0.3 is 0 Å². The van der Waals surface area contributed by atoms with Gasteiger partial charge in [-0.25, -0.2) is 4.98 Å². The number of nitrogen functional groups attached to an aromatic ring is 1. The minimum atomic E-state index is -0.565. The van der Waals surface area contributed by atoms with Crippen LogP contribution in [0.5, 0.6) is 0 Å². The number of rotatable bonds is 8. The van der Waals surface area contributed by atoms with Gasteiger partial charge in [-0.3, -0.25) is 4.79 Å². The van der Waals surface area contributed by atoms with Crippen LogP contribution in [0.15, 0.2) is 36.4 Å². The van der Waals surface area contributed by atoms with Gasteiger partial charge in [0, 0.05) is 49.3 Å². The van der Waals surface area contributed by atoms with Gasteiger partial charge in [0.15, 0.2) is 0 Å². The SMILES string of the molecule is CCCc1cc(N2CCC(NCC(O)c3cc4ccccc4n3C)CC2)nc2sc(C(N)=O)c(N)c12. The van der Waals surface area contributed by atoms with Crippen LogP contribution in [0, 0.1) is 0 Å². The first-order valence-corrected chi connectivity index (χ1v) is 13.4. The topological polar surface area (TPSA) is 122 Å². The van der Waals surface area contributed by atoms with Crippen LogP contribution in [0.4, 0.5) is 11.5 Å². The molecule has 1 aliphatic rings. The fourth-order valence-corrected chi connectivity index (χ4v) is 6.31. The molecule has 5 rings (SSSR count). The highest BCUT2D eigenvalue weighted by Crippen LogP contribution is 2.37. The standard InChI is InChI=1S/C27H34N6O2S/c1-3-6-17-14-22(31-27-23(17)24(28)25(36-27)26(29)35)33-11-9-18(10-12-33)30-15-21(34)20-13-16-7-4-5-8-19(16)32(20)2/h4-5,7-8,13-14,18,21,30,34H,3,6,9-12,15,28H2,1-2H3,(H2,29,35). The number of carbonyl (C=O) groups is 1. The van der Waals surface area contributed by atoms with Crippen LogP contribution in [0.25, 0.3) is 21.1 Å². The summed E-state index contributed by atoms with van der Waals surface area (Å²) in [6, 6.07) is 12.7. The van der Waals surface area contributed by atoms with E-state index < -0.39 is 12.0 Å². The van der Waals surface area contributed by atoms with Crippen LogP contribution in [0.1, 0.15) is 53.2 Å². The molecule has 3 aromatic heterocycles. The molecule has 6 N–H and O–H groups in total. The Kier molecular flexibility index (Phi) is 6.87. The van der Waals surface area contributed by atoms with Crippen molar-refractivity contribution in [1.82, 2.24) is 14.9 Å². The van der Waals surface area contributed by atoms with Crippen LogP contribution < -0.4 is 21.7 Å². The Bertz CT molecular complexity index is 1400. The number of thiophene rings is 1. The van der Waals surface area contributed by atoms with E-state index in [0.717, 1.165) is 77.0 Å². The lowest BCUT2D eigenvalue weighted by atomic mass is 10.0. The average molecular weight is 507 g/mol. The summed E-state index contributed by atoms with van der Waals surface area (Å²) in [5.41, 5.74) is 15.4. The van der Waals surface area contributed by atoms with Crippen LogP contribution >= 0.6 is 11.3 Å². The number of benzene rings is 1. The normalized spacial score (nSPS) is 15.7. The van der Waals surface area contributed by atoms with Crippen molar-refractivity contribution in [1.29, 1.82) is 0 Å². The number of aromatic nitrogens is 2. The fraction of sp³-hybridized carbons (Fsp3) is 0.407. The highest BCUT2D eigenvalue weighted by atomic mass is 32.1. The molecule has 1 amide bonds. The lowest BCUT2D eigenvalue weighted by Crippen LogP contribution is -2.44. The molecule has 36 heavy (non-hydrogen) atoms. The molecule has 1 aliphatic heterocycles. The second-order valence-corrected chi connectivity index (χ2v) is 10.7. The fourth-order valence-electron chi connectivity index (χ4n) is 5.32. The van der Waals surface area contributed by atoms with E-state index in [1.807, 2.05) is 19.2 Å². The second kappa shape index (κ2) is 10.1. The Balaban J connectivity index is 1.25. The van der Waals surface area contributed by atoms with Crippen molar-refractivity contribution < 1.29 is 9.90 Å². The molecule has 1 atom stereocenters. The van der Waals surface area contributed by atoms with E-state index >= 15 is 0 Å². The number of aryl methyl sites for hydroxylation is 2. The number of hydrogen-bond donors (Lipinski definition) is 4. The molecule has 0 saturated carbocycles. The Morgan fingerprint density at radius 3 is 2.72 bits per heavy atom. The number of nitrogens with one attached hydrogen (secondary N) is 1. The van der Waals surface area contributed by atoms with Crippen LogP contribution in [-0.4, -0.2) is 46.2 Å². The van der Waals surface area contributed by atoms with Gasteiger partial charge in [-0.15, -0.1) is 11.3 Å². The van der Waals surface area contributed by atoms with E-state index in [1.165, 1.54) is 11.3 Å². The molecule has 190 valence electrons. The van der Waals surface area contributed by atoms with E-state index in [0.29, 0.717) is 23.2 Å². The molecule has 8 nitrogen and oxygen atoms in total. The molecule has 4 aromatic rings. The number of hydrogen-bond acceptors (Lipinski definition) is 7. The molecule has 9 heteroatoms. The third kappa shape index (κ3) is 4.54. The second-order valence-electron chi connectivity index (χ2n) is 9.65. The molecule has 0 spiro atoms. The summed E-state index contributed by atoms with van der Waals surface area (Å²) in [5.74, 6) is 0.425. The van der Waals surface area contributed by atoms with Gasteiger partial charge in [0.25, 0.3) is 5.91 Å². The van der Waals surface area contributed by atoms with E-state index in [2.05, 4.69) is 46.0 Å². The molecule has 1 fully saturated rings. The molecular formula is C27H34N6O2S. The first-order chi connectivity index (χ1) is 17.4. The molecular weight excluding hydrogens is 472 g/mol. The third-order valence-electron chi connectivity index (χ3n) is 7.26. The van der Waals surface area contributed by atoms with Crippen molar-refractivity contribution in [2.24, 2.45) is 12.8 Å². The van der Waals surface area contributed by atoms with Crippen LogP contribution in [0.3, 0.4) is 0 Å². The summed E-state index contributed by atoms with van der Waals surface area (Å²) < 4.78 is 2.07. The van der Waals surface area contributed by atoms with Crippen molar-refractivity contribution in [2.75, 3.05) is 30.3 Å². The summed E-state index contributed by atoms with van der Waals surface area (Å²) >= 11 is 1.28. The summed E-state index contributed by atoms with van der Waals surface area (Å²) in [4.78, 5) is 20.2. The summed E-state index contributed by atoms with van der Waals surface area (Å²) in [6.45, 7) is 4.39. The summed E-state index contributed by atoms with van der Waals surface area (Å²) in [7, 11) is 2.00. The van der Waals surface area contributed by atoms with Crippen LogP contribution in [0.2, 0.25) is 0 Å². The number of nitrogens with zero attached hydrogens (tertiary/aromatic N) is 3. The minimum absolute atomic E-state index is 0.336. The van der Waals surface area contributed by atoms with Gasteiger partial charge in [-0.1, -0.05) is 31.5 Å². The molecule has 4 heterocycles. The van der Waals surface area contributed by atoms with Gasteiger partial charge in [0.05, 0.1) is 5.69 Å². The van der Waals surface area contributed by atoms with Gasteiger partial charge in [-0.05, 0) is 48.4 Å². The zero-order valence-corrected chi connectivity index (χ0v) is 21.6. The number of anilines is 2. The van der Waals surface area contributed by atoms with E-state index in [1.54, 1.807) is 0 Å². The number of aliphatic hydroxyl groups excluding tert-OH is 1. The lowest BCUT2D eigenvalue weighted by molar-refractivity contribution is 0.100. The Morgan fingerprint density at radius 2 is 2.03 bits per heavy atom. The van der Waals surface area contributed by atoms with Crippen molar-refractivity contribution in [3.63, 3.8) is 0 Å². The molecule has 0 bridgehead atoms. The highest BCUT2D eigenvalue weighted by Gasteiger charge is 2.24. The van der Waals surface area contributed by atoms with Crippen molar-refractivity contribution in [2.45, 2.75) is 44.8 Å². The maximum atomic E-state index is 11.8. The molecule has 1 aromatic carbocycles. The van der Waals surface area contributed by atoms with E-state index in [4.69, 9.17) is 16.5 Å². The zero-order valence-electron chi connectivity index (χ0n) is 20.8. The van der Waals surface area contributed by atoms with Crippen molar-refractivity contribution in [3.8, 4) is 0 Å². The molecule has 0 radical (unpaired) electrons. The van der Waals surface area contributed by atoms with Gasteiger partial charge in [-0.2, -0.15) is 0 Å². The average Bonchev–Trinajstić information content (AvgIpc) is 3.40. The van der Waals surface area contributed by atoms with Gasteiger partial charge < -0.3 is 31.4 Å². The third-order valence-corrected chi connectivity index (χ3v) is 8.37. The molecule has 0 aliphatic carbocycles. The van der Waals surface area contributed by atoms with Gasteiger partial charge in [0.1, 0.15) is 21.6 Å². The Labute approximate surface area is 214 Å². The molecule has 1 saturated heterocycles. The summed E-state index contributed by atoms with van der Waals surface area (Å²) in [6.07, 6.45) is 3.21. The Morgan fingerprint density at radius 1 is 1.28 bits per heavy atom. The maximum Gasteiger partial charge on any atom is 0.260 e. The molecule has 1 unspecified atom stereocenters. The van der Waals surface area contributed by atoms with Crippen LogP contribution in [-0.2, 0) is 13.5 Å². The van der Waals surface area contributed by atoms with Crippen molar-refractivity contribution in [3.05, 3.63) is 52.5 Å². The number of pyridine rings is 1. The monoisotopic (exact) mass is 506 g/mol. The number of aliphatic hydroxyl groups is 1. The first kappa shape index (κ1) is 24.5. The number of para-hydroxylation sites is 1. The number of primary amides is 1. The lowest BCUT2D eigenvalue weighted by Gasteiger charge is -2.34. The number of carbonyl (C=O) groups excluding carboxylic acids is 1. The summed E-state index contributed by atoms with van der Waals surface area (Å²) in [5, 5.41) is 16.5. The van der Waals surface area contributed by atoms with Crippen molar-refractivity contribution >= 4 is 49.9 Å². The Hall–Kier alpha value is -3.14.